The Morgan fingerprint density at radius 1 is 0.731 bits per heavy atom. The van der Waals surface area contributed by atoms with Crippen LogP contribution in [0.4, 0.5) is 11.4 Å². The molecule has 0 unspecified atom stereocenters. The fourth-order valence-corrected chi connectivity index (χ4v) is 3.82. The first-order valence-corrected chi connectivity index (χ1v) is 9.08. The minimum Gasteiger partial charge on any atom is -0.508 e. The third kappa shape index (κ3) is 3.01. The quantitative estimate of drug-likeness (QED) is 0.721. The van der Waals surface area contributed by atoms with Crippen LogP contribution in [0.15, 0.2) is 72.8 Å². The Labute approximate surface area is 155 Å². The molecule has 0 aliphatic carbocycles. The van der Waals surface area contributed by atoms with Crippen molar-refractivity contribution in [1.82, 2.24) is 0 Å². The molecule has 1 aliphatic rings. The minimum absolute atomic E-state index is 0.0280. The van der Waals surface area contributed by atoms with Crippen LogP contribution in [0.2, 0.25) is 0 Å². The van der Waals surface area contributed by atoms with Gasteiger partial charge in [-0.2, -0.15) is 0 Å². The Morgan fingerprint density at radius 2 is 1.27 bits per heavy atom. The van der Waals surface area contributed by atoms with Crippen LogP contribution in [0.1, 0.15) is 22.9 Å². The summed E-state index contributed by atoms with van der Waals surface area (Å²) in [5, 5.41) is 10.6. The zero-order chi connectivity index (χ0) is 18.1. The van der Waals surface area contributed by atoms with E-state index in [2.05, 4.69) is 72.2 Å². The van der Waals surface area contributed by atoms with Crippen LogP contribution in [0.5, 0.6) is 5.75 Å². The first-order chi connectivity index (χ1) is 12.6. The van der Waals surface area contributed by atoms with Crippen LogP contribution in [-0.4, -0.2) is 18.2 Å². The van der Waals surface area contributed by atoms with Gasteiger partial charge in [0.2, 0.25) is 0 Å². The van der Waals surface area contributed by atoms with Gasteiger partial charge in [-0.25, -0.2) is 0 Å². The van der Waals surface area contributed by atoms with E-state index in [1.807, 2.05) is 18.2 Å². The molecule has 3 aromatic carbocycles. The van der Waals surface area contributed by atoms with Gasteiger partial charge in [-0.3, -0.25) is 0 Å². The number of hydrogen-bond acceptors (Lipinski definition) is 3. The average Bonchev–Trinajstić information content (AvgIpc) is 3.07. The fourth-order valence-electron chi connectivity index (χ4n) is 3.82. The zero-order valence-corrected chi connectivity index (χ0v) is 15.3. The maximum Gasteiger partial charge on any atom is 0.132 e. The van der Waals surface area contributed by atoms with Crippen LogP contribution in [-0.2, 0) is 0 Å². The molecule has 0 atom stereocenters. The maximum atomic E-state index is 10.6. The Balaban J connectivity index is 1.82. The normalized spacial score (nSPS) is 14.8. The van der Waals surface area contributed by atoms with Crippen molar-refractivity contribution in [3.05, 3.63) is 89.5 Å². The molecule has 4 rings (SSSR count). The molecule has 0 bridgehead atoms. The van der Waals surface area contributed by atoms with Crippen LogP contribution in [0.25, 0.3) is 0 Å². The molecule has 3 nitrogen and oxygen atoms in total. The van der Waals surface area contributed by atoms with Crippen molar-refractivity contribution in [2.24, 2.45) is 0 Å². The van der Waals surface area contributed by atoms with Crippen LogP contribution >= 0.6 is 0 Å². The highest BCUT2D eigenvalue weighted by molar-refractivity contribution is 5.61. The van der Waals surface area contributed by atoms with E-state index < -0.39 is 0 Å². The van der Waals surface area contributed by atoms with Crippen molar-refractivity contribution >= 4 is 11.4 Å². The first-order valence-electron chi connectivity index (χ1n) is 9.08. The number of anilines is 2. The van der Waals surface area contributed by atoms with E-state index in [4.69, 9.17) is 0 Å². The molecule has 26 heavy (non-hydrogen) atoms. The second kappa shape index (κ2) is 6.75. The predicted octanol–water partition coefficient (Wildman–Crippen LogP) is 5.03. The van der Waals surface area contributed by atoms with Crippen molar-refractivity contribution in [3.8, 4) is 5.75 Å². The van der Waals surface area contributed by atoms with Crippen molar-refractivity contribution in [3.63, 3.8) is 0 Å². The van der Waals surface area contributed by atoms with Crippen molar-refractivity contribution in [1.29, 1.82) is 0 Å². The van der Waals surface area contributed by atoms with E-state index in [-0.39, 0.29) is 6.17 Å². The number of rotatable bonds is 3. The molecule has 1 N–H and O–H groups in total. The number of hydrogen-bond donors (Lipinski definition) is 1. The van der Waals surface area contributed by atoms with Gasteiger partial charge < -0.3 is 14.9 Å². The van der Waals surface area contributed by atoms with E-state index in [1.54, 1.807) is 6.07 Å². The van der Waals surface area contributed by atoms with Gasteiger partial charge in [0.25, 0.3) is 0 Å². The van der Waals surface area contributed by atoms with E-state index in [0.717, 1.165) is 18.7 Å². The highest BCUT2D eigenvalue weighted by Crippen LogP contribution is 2.40. The highest BCUT2D eigenvalue weighted by Gasteiger charge is 2.35. The lowest BCUT2D eigenvalue weighted by Crippen LogP contribution is -2.31. The largest absolute Gasteiger partial charge is 0.508 e. The monoisotopic (exact) mass is 344 g/mol. The molecule has 3 aromatic rings. The second-order valence-electron chi connectivity index (χ2n) is 7.00. The van der Waals surface area contributed by atoms with E-state index in [1.165, 1.54) is 22.5 Å². The molecular weight excluding hydrogens is 320 g/mol. The summed E-state index contributed by atoms with van der Waals surface area (Å²) in [7, 11) is 0. The summed E-state index contributed by atoms with van der Waals surface area (Å²) in [6, 6.07) is 24.8. The van der Waals surface area contributed by atoms with Gasteiger partial charge in [0.05, 0.1) is 0 Å². The summed E-state index contributed by atoms with van der Waals surface area (Å²) < 4.78 is 0. The number of nitrogens with zero attached hydrogens (tertiary/aromatic N) is 2. The molecule has 132 valence electrons. The van der Waals surface area contributed by atoms with Gasteiger partial charge >= 0.3 is 0 Å². The molecule has 1 heterocycles. The summed E-state index contributed by atoms with van der Waals surface area (Å²) >= 11 is 0. The highest BCUT2D eigenvalue weighted by atomic mass is 16.3. The van der Waals surface area contributed by atoms with Crippen molar-refractivity contribution < 1.29 is 5.11 Å². The molecule has 1 fully saturated rings. The maximum absolute atomic E-state index is 10.6. The van der Waals surface area contributed by atoms with Gasteiger partial charge in [0, 0.05) is 30.0 Å². The lowest BCUT2D eigenvalue weighted by atomic mass is 10.1. The molecule has 0 spiro atoms. The van der Waals surface area contributed by atoms with E-state index in [0.29, 0.717) is 5.75 Å². The van der Waals surface area contributed by atoms with Gasteiger partial charge in [-0.1, -0.05) is 42.5 Å². The van der Waals surface area contributed by atoms with Crippen molar-refractivity contribution in [2.45, 2.75) is 20.0 Å². The summed E-state index contributed by atoms with van der Waals surface area (Å²) in [6.07, 6.45) is -0.0280. The Kier molecular flexibility index (Phi) is 4.29. The number of benzene rings is 3. The molecule has 0 aromatic heterocycles. The zero-order valence-electron chi connectivity index (χ0n) is 15.3. The van der Waals surface area contributed by atoms with Crippen LogP contribution in [0, 0.1) is 13.8 Å². The smallest absolute Gasteiger partial charge is 0.132 e. The molecule has 1 aliphatic heterocycles. The summed E-state index contributed by atoms with van der Waals surface area (Å²) in [5.41, 5.74) is 5.80. The van der Waals surface area contributed by atoms with Crippen LogP contribution in [0.3, 0.4) is 0 Å². The number of aromatic hydroxyl groups is 1. The standard InChI is InChI=1S/C23H24N2O/c1-17-7-5-9-19(15-17)24-13-14-25(20-10-6-8-18(2)16-20)23(24)21-11-3-4-12-22(21)26/h3-12,15-16,23,26H,13-14H2,1-2H3. The second-order valence-corrected chi connectivity index (χ2v) is 7.00. The van der Waals surface area contributed by atoms with E-state index >= 15 is 0 Å². The van der Waals surface area contributed by atoms with E-state index in [9.17, 15) is 5.11 Å². The average molecular weight is 344 g/mol. The van der Waals surface area contributed by atoms with Crippen LogP contribution < -0.4 is 9.80 Å². The SMILES string of the molecule is Cc1cccc(N2CCN(c3cccc(C)c3)C2c2ccccc2O)c1. The molecule has 0 radical (unpaired) electrons. The number of phenolic OH excluding ortho intramolecular Hbond substituents is 1. The molecule has 1 saturated heterocycles. The summed E-state index contributed by atoms with van der Waals surface area (Å²) in [4.78, 5) is 4.76. The lowest BCUT2D eigenvalue weighted by molar-refractivity contribution is 0.461. The van der Waals surface area contributed by atoms with Crippen molar-refractivity contribution in [2.75, 3.05) is 22.9 Å². The van der Waals surface area contributed by atoms with Gasteiger partial charge in [0.15, 0.2) is 0 Å². The number of aryl methyl sites for hydroxylation is 2. The Morgan fingerprint density at radius 3 is 1.77 bits per heavy atom. The third-order valence-electron chi connectivity index (χ3n) is 5.05. The molecule has 3 heteroatoms. The summed E-state index contributed by atoms with van der Waals surface area (Å²) in [6.45, 7) is 6.06. The summed E-state index contributed by atoms with van der Waals surface area (Å²) in [5.74, 6) is 0.342. The number of para-hydroxylation sites is 1. The minimum atomic E-state index is -0.0280. The Hall–Kier alpha value is -2.94. The van der Waals surface area contributed by atoms with Gasteiger partial charge in [0.1, 0.15) is 11.9 Å². The van der Waals surface area contributed by atoms with Gasteiger partial charge in [-0.15, -0.1) is 0 Å². The lowest BCUT2D eigenvalue weighted by Gasteiger charge is -2.34. The topological polar surface area (TPSA) is 26.7 Å². The Bertz CT molecular complexity index is 868. The third-order valence-corrected chi connectivity index (χ3v) is 5.05. The fraction of sp³-hybridized carbons (Fsp3) is 0.217. The number of phenols is 1. The predicted molar refractivity (Wildman–Crippen MR) is 108 cm³/mol. The molecular formula is C23H24N2O. The first kappa shape index (κ1) is 16.5. The van der Waals surface area contributed by atoms with Gasteiger partial charge in [-0.05, 0) is 55.3 Å². The molecule has 0 amide bonds. The molecule has 0 saturated carbocycles.